The van der Waals surface area contributed by atoms with Gasteiger partial charge in [-0.2, -0.15) is 0 Å². The lowest BCUT2D eigenvalue weighted by molar-refractivity contribution is 0.0746. The fourth-order valence-corrected chi connectivity index (χ4v) is 3.69. The third-order valence-electron chi connectivity index (χ3n) is 5.58. The van der Waals surface area contributed by atoms with Crippen LogP contribution in [0, 0.1) is 0 Å². The zero-order valence-electron chi connectivity index (χ0n) is 19.0. The molecule has 2 aromatic heterocycles. The Morgan fingerprint density at radius 2 is 1.76 bits per heavy atom. The van der Waals surface area contributed by atoms with Crippen molar-refractivity contribution in [2.75, 3.05) is 43.0 Å². The number of anilines is 3. The number of pyridine rings is 1. The Labute approximate surface area is 194 Å². The van der Waals surface area contributed by atoms with Crippen LogP contribution in [0.4, 0.5) is 17.5 Å². The van der Waals surface area contributed by atoms with Gasteiger partial charge in [-0.05, 0) is 55.0 Å². The monoisotopic (exact) mass is 446 g/mol. The van der Waals surface area contributed by atoms with E-state index in [1.807, 2.05) is 59.5 Å². The zero-order valence-corrected chi connectivity index (χ0v) is 19.0. The number of carbonyl (C=O) groups excluding carboxylic acids is 1. The average Bonchev–Trinajstić information content (AvgIpc) is 2.88. The molecular formula is C25H30N6O2. The number of ether oxygens (including phenoxy) is 1. The Bertz CT molecular complexity index is 1000. The molecule has 3 aromatic rings. The van der Waals surface area contributed by atoms with Crippen molar-refractivity contribution in [3.05, 3.63) is 66.4 Å². The molecule has 0 atom stereocenters. The molecule has 0 spiro atoms. The van der Waals surface area contributed by atoms with Gasteiger partial charge in [-0.3, -0.25) is 4.79 Å². The van der Waals surface area contributed by atoms with E-state index >= 15 is 0 Å². The Kier molecular flexibility index (Phi) is 7.68. The normalized spacial score (nSPS) is 13.6. The van der Waals surface area contributed by atoms with E-state index < -0.39 is 0 Å². The molecule has 1 amide bonds. The topological polar surface area (TPSA) is 83.5 Å². The van der Waals surface area contributed by atoms with Gasteiger partial charge in [0.15, 0.2) is 11.6 Å². The Hall–Kier alpha value is -3.68. The predicted molar refractivity (Wildman–Crippen MR) is 129 cm³/mol. The number of aromatic nitrogens is 3. The minimum atomic E-state index is 0.0492. The van der Waals surface area contributed by atoms with Gasteiger partial charge in [0.05, 0.1) is 6.61 Å². The van der Waals surface area contributed by atoms with Crippen LogP contribution >= 0.6 is 0 Å². The second-order valence-corrected chi connectivity index (χ2v) is 7.98. The van der Waals surface area contributed by atoms with E-state index in [1.165, 1.54) is 12.8 Å². The second kappa shape index (κ2) is 11.3. The summed E-state index contributed by atoms with van der Waals surface area (Å²) in [5, 5.41) is 11.7. The quantitative estimate of drug-likeness (QED) is 0.495. The molecule has 0 unspecified atom stereocenters. The van der Waals surface area contributed by atoms with Crippen molar-refractivity contribution in [2.45, 2.75) is 26.2 Å². The summed E-state index contributed by atoms with van der Waals surface area (Å²) < 4.78 is 5.74. The van der Waals surface area contributed by atoms with E-state index in [4.69, 9.17) is 4.74 Å². The lowest BCUT2D eigenvalue weighted by atomic mass is 10.1. The molecule has 4 rings (SSSR count). The van der Waals surface area contributed by atoms with Gasteiger partial charge in [-0.25, -0.2) is 4.98 Å². The van der Waals surface area contributed by atoms with Crippen molar-refractivity contribution in [3.8, 4) is 5.75 Å². The lowest BCUT2D eigenvalue weighted by Gasteiger charge is -2.35. The van der Waals surface area contributed by atoms with Gasteiger partial charge in [-0.1, -0.05) is 25.8 Å². The van der Waals surface area contributed by atoms with Crippen molar-refractivity contribution in [1.29, 1.82) is 0 Å². The predicted octanol–water partition coefficient (Wildman–Crippen LogP) is 4.15. The molecule has 3 heterocycles. The zero-order chi connectivity index (χ0) is 22.9. The molecule has 1 N–H and O–H groups in total. The number of nitrogens with zero attached hydrogens (tertiary/aromatic N) is 5. The van der Waals surface area contributed by atoms with Gasteiger partial charge in [0.1, 0.15) is 11.6 Å². The highest BCUT2D eigenvalue weighted by molar-refractivity contribution is 5.94. The molecule has 1 aromatic carbocycles. The van der Waals surface area contributed by atoms with Crippen LogP contribution in [0.5, 0.6) is 5.75 Å². The highest BCUT2D eigenvalue weighted by atomic mass is 16.5. The van der Waals surface area contributed by atoms with Crippen LogP contribution in [0.2, 0.25) is 0 Å². The molecule has 0 saturated carbocycles. The van der Waals surface area contributed by atoms with Crippen LogP contribution in [-0.4, -0.2) is 58.8 Å². The summed E-state index contributed by atoms with van der Waals surface area (Å²) in [6.45, 7) is 5.60. The number of unbranched alkanes of at least 4 members (excludes halogenated alkanes) is 2. The highest BCUT2D eigenvalue weighted by Crippen LogP contribution is 2.19. The SMILES string of the molecule is CCCCCOc1ccc(C(=O)N2CCN(c3ccc(Nc4ccccn4)nn3)CC2)cc1. The van der Waals surface area contributed by atoms with Crippen molar-refractivity contribution < 1.29 is 9.53 Å². The maximum Gasteiger partial charge on any atom is 0.253 e. The van der Waals surface area contributed by atoms with Gasteiger partial charge in [0.2, 0.25) is 0 Å². The van der Waals surface area contributed by atoms with Crippen LogP contribution in [0.3, 0.4) is 0 Å². The first kappa shape index (κ1) is 22.5. The van der Waals surface area contributed by atoms with Crippen LogP contribution < -0.4 is 15.0 Å². The Morgan fingerprint density at radius 1 is 0.939 bits per heavy atom. The highest BCUT2D eigenvalue weighted by Gasteiger charge is 2.23. The second-order valence-electron chi connectivity index (χ2n) is 7.98. The van der Waals surface area contributed by atoms with Crippen LogP contribution in [0.15, 0.2) is 60.8 Å². The number of nitrogens with one attached hydrogen (secondary N) is 1. The number of hydrogen-bond donors (Lipinski definition) is 1. The molecule has 33 heavy (non-hydrogen) atoms. The maximum atomic E-state index is 12.9. The van der Waals surface area contributed by atoms with Crippen LogP contribution in [0.1, 0.15) is 36.5 Å². The van der Waals surface area contributed by atoms with Crippen molar-refractivity contribution in [1.82, 2.24) is 20.1 Å². The summed E-state index contributed by atoms with van der Waals surface area (Å²) in [5.74, 6) is 3.03. The number of rotatable bonds is 9. The average molecular weight is 447 g/mol. The molecule has 1 aliphatic rings. The van der Waals surface area contributed by atoms with Crippen molar-refractivity contribution in [3.63, 3.8) is 0 Å². The fourth-order valence-electron chi connectivity index (χ4n) is 3.69. The largest absolute Gasteiger partial charge is 0.494 e. The molecule has 0 aliphatic carbocycles. The Balaban J connectivity index is 1.26. The number of amides is 1. The number of benzene rings is 1. The summed E-state index contributed by atoms with van der Waals surface area (Å²) in [5.41, 5.74) is 0.689. The minimum absolute atomic E-state index is 0.0492. The summed E-state index contributed by atoms with van der Waals surface area (Å²) in [6, 6.07) is 16.9. The standard InChI is InChI=1S/C25H30N6O2/c1-2-3-6-19-33-21-10-8-20(9-11-21)25(32)31-17-15-30(16-18-31)24-13-12-23(28-29-24)27-22-7-4-5-14-26-22/h4-5,7-14H,2-3,6,15-19H2,1H3,(H,26,27,28). The molecule has 1 saturated heterocycles. The van der Waals surface area contributed by atoms with Gasteiger partial charge < -0.3 is 19.9 Å². The third kappa shape index (κ3) is 6.19. The van der Waals surface area contributed by atoms with E-state index in [0.717, 1.165) is 23.8 Å². The molecule has 8 heteroatoms. The maximum absolute atomic E-state index is 12.9. The summed E-state index contributed by atoms with van der Waals surface area (Å²) >= 11 is 0. The summed E-state index contributed by atoms with van der Waals surface area (Å²) in [6.07, 6.45) is 5.11. The Morgan fingerprint density at radius 3 is 2.42 bits per heavy atom. The third-order valence-corrected chi connectivity index (χ3v) is 5.58. The van der Waals surface area contributed by atoms with Gasteiger partial charge in [0.25, 0.3) is 5.91 Å². The first-order valence-electron chi connectivity index (χ1n) is 11.5. The fraction of sp³-hybridized carbons (Fsp3) is 0.360. The van der Waals surface area contributed by atoms with E-state index in [-0.39, 0.29) is 5.91 Å². The van der Waals surface area contributed by atoms with E-state index in [1.54, 1.807) is 6.20 Å². The van der Waals surface area contributed by atoms with Crippen LogP contribution in [-0.2, 0) is 0 Å². The van der Waals surface area contributed by atoms with Gasteiger partial charge in [0, 0.05) is 37.9 Å². The number of hydrogen-bond acceptors (Lipinski definition) is 7. The molecule has 172 valence electrons. The van der Waals surface area contributed by atoms with Crippen LogP contribution in [0.25, 0.3) is 0 Å². The van der Waals surface area contributed by atoms with Gasteiger partial charge in [-0.15, -0.1) is 10.2 Å². The molecular weight excluding hydrogens is 416 g/mol. The molecule has 8 nitrogen and oxygen atoms in total. The smallest absolute Gasteiger partial charge is 0.253 e. The van der Waals surface area contributed by atoms with Gasteiger partial charge >= 0.3 is 0 Å². The van der Waals surface area contributed by atoms with E-state index in [2.05, 4.69) is 32.3 Å². The summed E-state index contributed by atoms with van der Waals surface area (Å²) in [7, 11) is 0. The molecule has 1 fully saturated rings. The van der Waals surface area contributed by atoms with Crippen molar-refractivity contribution in [2.24, 2.45) is 0 Å². The number of carbonyl (C=O) groups is 1. The van der Waals surface area contributed by atoms with E-state index in [9.17, 15) is 4.79 Å². The number of piperazine rings is 1. The molecule has 0 radical (unpaired) electrons. The molecule has 1 aliphatic heterocycles. The summed E-state index contributed by atoms with van der Waals surface area (Å²) in [4.78, 5) is 21.2. The van der Waals surface area contributed by atoms with E-state index in [0.29, 0.717) is 44.2 Å². The first-order valence-corrected chi connectivity index (χ1v) is 11.5. The minimum Gasteiger partial charge on any atom is -0.494 e. The molecule has 0 bridgehead atoms. The lowest BCUT2D eigenvalue weighted by Crippen LogP contribution is -2.49. The first-order chi connectivity index (χ1) is 16.2. The van der Waals surface area contributed by atoms with Crippen molar-refractivity contribution >= 4 is 23.4 Å².